The highest BCUT2D eigenvalue weighted by Crippen LogP contribution is 2.37. The summed E-state index contributed by atoms with van der Waals surface area (Å²) in [5, 5.41) is 0. The van der Waals surface area contributed by atoms with Crippen LogP contribution in [0, 0.1) is 0 Å². The Labute approximate surface area is 127 Å². The minimum atomic E-state index is -1.53. The summed E-state index contributed by atoms with van der Waals surface area (Å²) in [4.78, 5) is 23.6. The first-order valence-corrected chi connectivity index (χ1v) is 6.94. The van der Waals surface area contributed by atoms with Gasteiger partial charge in [-0.2, -0.15) is 0 Å². The van der Waals surface area contributed by atoms with Crippen molar-refractivity contribution in [2.24, 2.45) is 0 Å². The Balaban J connectivity index is 1.96. The number of ketones is 2. The van der Waals surface area contributed by atoms with Crippen LogP contribution in [0.25, 0.3) is 0 Å². The van der Waals surface area contributed by atoms with Crippen LogP contribution < -0.4 is 4.74 Å². The monoisotopic (exact) mass is 300 g/mol. The molecule has 1 aliphatic rings. The summed E-state index contributed by atoms with van der Waals surface area (Å²) < 4.78 is 5.06. The number of fused-ring (bicyclic) bond motifs is 1. The normalized spacial score (nSPS) is 20.2. The van der Waals surface area contributed by atoms with E-state index in [2.05, 4.69) is 0 Å². The number of ether oxygens (including phenoxy) is 1. The smallest absolute Gasteiger partial charge is 0.192 e. The summed E-state index contributed by atoms with van der Waals surface area (Å²) in [7, 11) is 1.55. The molecule has 3 nitrogen and oxygen atoms in total. The maximum Gasteiger partial charge on any atom is 0.192 e. The van der Waals surface area contributed by atoms with E-state index in [0.717, 1.165) is 5.56 Å². The lowest BCUT2D eigenvalue weighted by molar-refractivity contribution is 0.0845. The molecular weight excluding hydrogens is 288 g/mol. The molecule has 0 N–H and O–H groups in total. The van der Waals surface area contributed by atoms with Gasteiger partial charge in [-0.3, -0.25) is 9.59 Å². The lowest BCUT2D eigenvalue weighted by Crippen LogP contribution is -2.39. The predicted molar refractivity (Wildman–Crippen MR) is 80.4 cm³/mol. The maximum absolute atomic E-state index is 12.7. The number of benzene rings is 2. The first-order valence-electron chi connectivity index (χ1n) is 6.57. The van der Waals surface area contributed by atoms with Crippen molar-refractivity contribution < 1.29 is 14.3 Å². The molecule has 0 heterocycles. The molecule has 0 saturated carbocycles. The SMILES string of the molecule is COc1ccc(C(=O)C2(Cl)Cc3ccccc3C2=O)cc1. The fourth-order valence-electron chi connectivity index (χ4n) is 2.61. The number of carbonyl (C=O) groups is 2. The molecule has 1 unspecified atom stereocenters. The number of hydrogen-bond acceptors (Lipinski definition) is 3. The Hall–Kier alpha value is -2.13. The molecule has 0 bridgehead atoms. The molecular formula is C17H13ClO3. The third-order valence-corrected chi connectivity index (χ3v) is 4.24. The minimum absolute atomic E-state index is 0.231. The quantitative estimate of drug-likeness (QED) is 0.496. The van der Waals surface area contributed by atoms with Gasteiger partial charge in [-0.15, -0.1) is 11.6 Å². The fraction of sp³-hybridized carbons (Fsp3) is 0.176. The molecule has 4 heteroatoms. The van der Waals surface area contributed by atoms with Crippen molar-refractivity contribution in [3.63, 3.8) is 0 Å². The molecule has 1 atom stereocenters. The van der Waals surface area contributed by atoms with Crippen LogP contribution in [0.1, 0.15) is 26.3 Å². The molecule has 106 valence electrons. The summed E-state index contributed by atoms with van der Waals surface area (Å²) in [5.41, 5.74) is 1.76. The van der Waals surface area contributed by atoms with Crippen LogP contribution in [0.4, 0.5) is 0 Å². The molecule has 3 rings (SSSR count). The van der Waals surface area contributed by atoms with Crippen molar-refractivity contribution >= 4 is 23.2 Å². The van der Waals surface area contributed by atoms with E-state index in [1.807, 2.05) is 12.1 Å². The molecule has 0 aliphatic heterocycles. The van der Waals surface area contributed by atoms with Crippen LogP contribution in [0.2, 0.25) is 0 Å². The second-order valence-corrected chi connectivity index (χ2v) is 5.67. The molecule has 2 aromatic rings. The molecule has 0 spiro atoms. The van der Waals surface area contributed by atoms with Gasteiger partial charge in [0, 0.05) is 17.5 Å². The molecule has 21 heavy (non-hydrogen) atoms. The lowest BCUT2D eigenvalue weighted by Gasteiger charge is -2.17. The van der Waals surface area contributed by atoms with E-state index in [-0.39, 0.29) is 18.0 Å². The number of hydrogen-bond donors (Lipinski definition) is 0. The minimum Gasteiger partial charge on any atom is -0.497 e. The Bertz CT molecular complexity index is 721. The molecule has 2 aromatic carbocycles. The number of carbonyl (C=O) groups excluding carboxylic acids is 2. The summed E-state index contributed by atoms with van der Waals surface area (Å²) in [6.07, 6.45) is 0.231. The van der Waals surface area contributed by atoms with Gasteiger partial charge in [-0.05, 0) is 29.8 Å². The highest BCUT2D eigenvalue weighted by Gasteiger charge is 2.49. The zero-order valence-corrected chi connectivity index (χ0v) is 12.2. The van der Waals surface area contributed by atoms with Crippen molar-refractivity contribution in [1.29, 1.82) is 0 Å². The second kappa shape index (κ2) is 5.01. The third kappa shape index (κ3) is 2.14. The van der Waals surface area contributed by atoms with Crippen LogP contribution in [0.3, 0.4) is 0 Å². The van der Waals surface area contributed by atoms with E-state index in [1.54, 1.807) is 43.5 Å². The van der Waals surface area contributed by atoms with Gasteiger partial charge in [-0.1, -0.05) is 24.3 Å². The standard InChI is InChI=1S/C17H13ClO3/c1-21-13-8-6-11(7-9-13)15(19)17(18)10-12-4-2-3-5-14(12)16(17)20/h2-9H,10H2,1H3. The molecule has 0 amide bonds. The topological polar surface area (TPSA) is 43.4 Å². The molecule has 0 radical (unpaired) electrons. The van der Waals surface area contributed by atoms with Crippen LogP contribution in [-0.2, 0) is 6.42 Å². The first kappa shape index (κ1) is 13.8. The van der Waals surface area contributed by atoms with Crippen LogP contribution in [-0.4, -0.2) is 23.6 Å². The van der Waals surface area contributed by atoms with Crippen LogP contribution in [0.15, 0.2) is 48.5 Å². The average molecular weight is 301 g/mol. The summed E-state index contributed by atoms with van der Waals surface area (Å²) in [6.45, 7) is 0. The van der Waals surface area contributed by atoms with E-state index in [1.165, 1.54) is 0 Å². The van der Waals surface area contributed by atoms with Crippen molar-refractivity contribution in [3.8, 4) is 5.75 Å². The Morgan fingerprint density at radius 1 is 1.14 bits per heavy atom. The van der Waals surface area contributed by atoms with Gasteiger partial charge in [0.1, 0.15) is 5.75 Å². The van der Waals surface area contributed by atoms with Crippen LogP contribution in [0.5, 0.6) is 5.75 Å². The van der Waals surface area contributed by atoms with Gasteiger partial charge in [0.15, 0.2) is 16.4 Å². The van der Waals surface area contributed by atoms with Gasteiger partial charge in [0.25, 0.3) is 0 Å². The van der Waals surface area contributed by atoms with Crippen molar-refractivity contribution in [1.82, 2.24) is 0 Å². The van der Waals surface area contributed by atoms with E-state index in [0.29, 0.717) is 16.9 Å². The summed E-state index contributed by atoms with van der Waals surface area (Å²) in [5.74, 6) is -0.0372. The van der Waals surface area contributed by atoms with Crippen molar-refractivity contribution in [3.05, 3.63) is 65.2 Å². The van der Waals surface area contributed by atoms with Crippen molar-refractivity contribution in [2.75, 3.05) is 7.11 Å². The van der Waals surface area contributed by atoms with E-state index < -0.39 is 4.87 Å². The Morgan fingerprint density at radius 3 is 2.43 bits per heavy atom. The highest BCUT2D eigenvalue weighted by molar-refractivity contribution is 6.52. The largest absolute Gasteiger partial charge is 0.497 e. The maximum atomic E-state index is 12.7. The number of methoxy groups -OCH3 is 1. The van der Waals surface area contributed by atoms with E-state index >= 15 is 0 Å². The third-order valence-electron chi connectivity index (χ3n) is 3.77. The number of halogens is 1. The van der Waals surface area contributed by atoms with Crippen LogP contribution >= 0.6 is 11.6 Å². The number of rotatable bonds is 3. The van der Waals surface area contributed by atoms with Gasteiger partial charge in [0.05, 0.1) is 7.11 Å². The summed E-state index contributed by atoms with van der Waals surface area (Å²) in [6, 6.07) is 13.8. The predicted octanol–water partition coefficient (Wildman–Crippen LogP) is 3.29. The zero-order chi connectivity index (χ0) is 15.0. The van der Waals surface area contributed by atoms with E-state index in [4.69, 9.17) is 16.3 Å². The molecule has 0 fully saturated rings. The van der Waals surface area contributed by atoms with Gasteiger partial charge >= 0.3 is 0 Å². The fourth-order valence-corrected chi connectivity index (χ4v) is 2.96. The highest BCUT2D eigenvalue weighted by atomic mass is 35.5. The molecule has 1 aliphatic carbocycles. The molecule has 0 aromatic heterocycles. The lowest BCUT2D eigenvalue weighted by atomic mass is 9.93. The van der Waals surface area contributed by atoms with Crippen molar-refractivity contribution in [2.45, 2.75) is 11.3 Å². The Morgan fingerprint density at radius 2 is 1.81 bits per heavy atom. The zero-order valence-electron chi connectivity index (χ0n) is 11.4. The molecule has 0 saturated heterocycles. The number of Topliss-reactive ketones (excluding diaryl/α,β-unsaturated/α-hetero) is 2. The Kier molecular flexibility index (Phi) is 3.30. The number of alkyl halides is 1. The van der Waals surface area contributed by atoms with Gasteiger partial charge < -0.3 is 4.74 Å². The van der Waals surface area contributed by atoms with Gasteiger partial charge in [0.2, 0.25) is 0 Å². The first-order chi connectivity index (χ1) is 10.1. The summed E-state index contributed by atoms with van der Waals surface area (Å²) >= 11 is 6.41. The average Bonchev–Trinajstić information content (AvgIpc) is 2.79. The van der Waals surface area contributed by atoms with E-state index in [9.17, 15) is 9.59 Å². The second-order valence-electron chi connectivity index (χ2n) is 5.02. The van der Waals surface area contributed by atoms with Gasteiger partial charge in [-0.25, -0.2) is 0 Å².